The van der Waals surface area contributed by atoms with E-state index in [1.807, 2.05) is 24.3 Å². The Bertz CT molecular complexity index is 1050. The van der Waals surface area contributed by atoms with Crippen LogP contribution in [0.5, 0.6) is 5.75 Å². The predicted octanol–water partition coefficient (Wildman–Crippen LogP) is 3.73. The minimum atomic E-state index is -0.716. The number of nitrogens with one attached hydrogen (secondary N) is 1. The van der Waals surface area contributed by atoms with E-state index in [4.69, 9.17) is 15.7 Å². The summed E-state index contributed by atoms with van der Waals surface area (Å²) in [4.78, 5) is 23.4. The number of nitriles is 1. The number of carbonyl (C=O) groups excluding carboxylic acids is 2. The average molecular weight is 385 g/mol. The third kappa shape index (κ3) is 4.99. The lowest BCUT2D eigenvalue weighted by atomic mass is 10.0. The zero-order valence-corrected chi connectivity index (χ0v) is 15.8. The number of hydrogen-bond donors (Lipinski definition) is 2. The average Bonchev–Trinajstić information content (AvgIpc) is 2.74. The Morgan fingerprint density at radius 2 is 1.48 bits per heavy atom. The minimum absolute atomic E-state index is 0.312. The van der Waals surface area contributed by atoms with Crippen molar-refractivity contribution in [2.75, 3.05) is 5.32 Å². The Morgan fingerprint density at radius 1 is 0.931 bits per heavy atom. The molecule has 0 saturated carbocycles. The van der Waals surface area contributed by atoms with E-state index in [0.29, 0.717) is 22.6 Å². The van der Waals surface area contributed by atoms with Crippen LogP contribution in [0.15, 0.2) is 72.8 Å². The van der Waals surface area contributed by atoms with E-state index in [9.17, 15) is 9.59 Å². The third-order valence-corrected chi connectivity index (χ3v) is 4.32. The minimum Gasteiger partial charge on any atom is -0.481 e. The van der Waals surface area contributed by atoms with Gasteiger partial charge in [0.2, 0.25) is 5.91 Å². The molecule has 0 aliphatic rings. The lowest BCUT2D eigenvalue weighted by molar-refractivity contribution is -0.122. The highest BCUT2D eigenvalue weighted by Crippen LogP contribution is 2.23. The van der Waals surface area contributed by atoms with E-state index in [1.54, 1.807) is 55.5 Å². The van der Waals surface area contributed by atoms with Crippen molar-refractivity contribution < 1.29 is 14.3 Å². The number of amides is 2. The highest BCUT2D eigenvalue weighted by atomic mass is 16.5. The van der Waals surface area contributed by atoms with Crippen molar-refractivity contribution in [3.8, 4) is 22.9 Å². The van der Waals surface area contributed by atoms with Crippen LogP contribution in [0.25, 0.3) is 11.1 Å². The summed E-state index contributed by atoms with van der Waals surface area (Å²) in [5.74, 6) is -0.272. The number of carbonyl (C=O) groups is 2. The summed E-state index contributed by atoms with van der Waals surface area (Å²) in [6.45, 7) is 1.65. The highest BCUT2D eigenvalue weighted by Gasteiger charge is 2.15. The summed E-state index contributed by atoms with van der Waals surface area (Å²) in [6, 6.07) is 23.1. The molecule has 144 valence electrons. The van der Waals surface area contributed by atoms with Gasteiger partial charge in [-0.05, 0) is 66.6 Å². The zero-order valence-electron chi connectivity index (χ0n) is 15.8. The first kappa shape index (κ1) is 19.6. The first-order valence-corrected chi connectivity index (χ1v) is 8.94. The van der Waals surface area contributed by atoms with E-state index in [0.717, 1.165) is 11.1 Å². The predicted molar refractivity (Wildman–Crippen MR) is 110 cm³/mol. The quantitative estimate of drug-likeness (QED) is 0.674. The number of hydrogen-bond acceptors (Lipinski definition) is 4. The molecule has 1 atom stereocenters. The molecule has 0 saturated heterocycles. The molecule has 0 heterocycles. The molecule has 0 aromatic heterocycles. The van der Waals surface area contributed by atoms with Gasteiger partial charge in [-0.2, -0.15) is 5.26 Å². The van der Waals surface area contributed by atoms with Crippen LogP contribution in [0.1, 0.15) is 22.8 Å². The van der Waals surface area contributed by atoms with Crippen molar-refractivity contribution in [1.82, 2.24) is 0 Å². The van der Waals surface area contributed by atoms with Crippen LogP contribution in [-0.4, -0.2) is 17.9 Å². The van der Waals surface area contributed by atoms with Crippen LogP contribution in [0.3, 0.4) is 0 Å². The first-order valence-electron chi connectivity index (χ1n) is 8.94. The molecule has 3 aromatic rings. The Morgan fingerprint density at radius 3 is 2.00 bits per heavy atom. The lowest BCUT2D eigenvalue weighted by Crippen LogP contribution is -2.30. The van der Waals surface area contributed by atoms with Crippen LogP contribution < -0.4 is 15.8 Å². The van der Waals surface area contributed by atoms with Crippen molar-refractivity contribution in [2.24, 2.45) is 5.73 Å². The fourth-order valence-electron chi connectivity index (χ4n) is 2.68. The van der Waals surface area contributed by atoms with Gasteiger partial charge in [-0.25, -0.2) is 0 Å². The van der Waals surface area contributed by atoms with Crippen LogP contribution >= 0.6 is 0 Å². The number of anilines is 1. The summed E-state index contributed by atoms with van der Waals surface area (Å²) < 4.78 is 5.71. The van der Waals surface area contributed by atoms with E-state index in [-0.39, 0.29) is 5.91 Å². The van der Waals surface area contributed by atoms with Gasteiger partial charge >= 0.3 is 0 Å². The molecule has 6 heteroatoms. The number of rotatable bonds is 6. The van der Waals surface area contributed by atoms with Crippen LogP contribution in [0.2, 0.25) is 0 Å². The third-order valence-electron chi connectivity index (χ3n) is 4.32. The van der Waals surface area contributed by atoms with Crippen LogP contribution in [0, 0.1) is 11.3 Å². The second-order valence-electron chi connectivity index (χ2n) is 6.40. The van der Waals surface area contributed by atoms with Crippen molar-refractivity contribution >= 4 is 17.5 Å². The van der Waals surface area contributed by atoms with Gasteiger partial charge in [0.05, 0.1) is 11.6 Å². The van der Waals surface area contributed by atoms with Gasteiger partial charge in [0.15, 0.2) is 6.10 Å². The maximum absolute atomic E-state index is 12.3. The normalized spacial score (nSPS) is 11.2. The summed E-state index contributed by atoms with van der Waals surface area (Å²) in [5, 5.41) is 11.6. The molecule has 0 bridgehead atoms. The SMILES string of the molecule is C[C@H](Oc1ccc(-c2ccc(C#N)cc2)cc1)C(=O)Nc1ccc(C(N)=O)cc1. The fraction of sp³-hybridized carbons (Fsp3) is 0.0870. The molecule has 3 aromatic carbocycles. The molecular weight excluding hydrogens is 366 g/mol. The molecule has 0 spiro atoms. The number of nitrogens with zero attached hydrogens (tertiary/aromatic N) is 1. The van der Waals surface area contributed by atoms with E-state index >= 15 is 0 Å². The van der Waals surface area contributed by atoms with Crippen molar-refractivity contribution in [3.63, 3.8) is 0 Å². The molecule has 0 fully saturated rings. The first-order chi connectivity index (χ1) is 14.0. The van der Waals surface area contributed by atoms with Gasteiger partial charge in [0.25, 0.3) is 5.91 Å². The monoisotopic (exact) mass is 385 g/mol. The highest BCUT2D eigenvalue weighted by molar-refractivity contribution is 5.96. The largest absolute Gasteiger partial charge is 0.481 e. The van der Waals surface area contributed by atoms with Gasteiger partial charge < -0.3 is 15.8 Å². The zero-order chi connectivity index (χ0) is 20.8. The van der Waals surface area contributed by atoms with Crippen LogP contribution in [-0.2, 0) is 4.79 Å². The maximum Gasteiger partial charge on any atom is 0.265 e. The molecular formula is C23H19N3O3. The number of nitrogens with two attached hydrogens (primary N) is 1. The Labute approximate surface area is 168 Å². The second-order valence-corrected chi connectivity index (χ2v) is 6.40. The molecule has 29 heavy (non-hydrogen) atoms. The number of primary amides is 1. The molecule has 3 rings (SSSR count). The summed E-state index contributed by atoms with van der Waals surface area (Å²) >= 11 is 0. The van der Waals surface area contributed by atoms with Crippen molar-refractivity contribution in [1.29, 1.82) is 5.26 Å². The molecule has 0 radical (unpaired) electrons. The second kappa shape index (κ2) is 8.72. The van der Waals surface area contributed by atoms with Crippen molar-refractivity contribution in [2.45, 2.75) is 13.0 Å². The van der Waals surface area contributed by atoms with Gasteiger partial charge in [-0.3, -0.25) is 9.59 Å². The summed E-state index contributed by atoms with van der Waals surface area (Å²) in [7, 11) is 0. The Hall–Kier alpha value is -4.11. The van der Waals surface area contributed by atoms with Crippen LogP contribution in [0.4, 0.5) is 5.69 Å². The Kier molecular flexibility index (Phi) is 5.91. The summed E-state index contributed by atoms with van der Waals surface area (Å²) in [6.07, 6.45) is -0.716. The van der Waals surface area contributed by atoms with Gasteiger partial charge in [-0.15, -0.1) is 0 Å². The summed E-state index contributed by atoms with van der Waals surface area (Å²) in [5.41, 5.74) is 8.69. The molecule has 0 aliphatic carbocycles. The van der Waals surface area contributed by atoms with Gasteiger partial charge in [0.1, 0.15) is 5.75 Å². The smallest absolute Gasteiger partial charge is 0.265 e. The van der Waals surface area contributed by atoms with E-state index in [2.05, 4.69) is 11.4 Å². The molecule has 3 N–H and O–H groups in total. The van der Waals surface area contributed by atoms with Crippen molar-refractivity contribution in [3.05, 3.63) is 83.9 Å². The van der Waals surface area contributed by atoms with Gasteiger partial charge in [-0.1, -0.05) is 24.3 Å². The molecule has 6 nitrogen and oxygen atoms in total. The maximum atomic E-state index is 12.3. The molecule has 0 unspecified atom stereocenters. The molecule has 2 amide bonds. The van der Waals surface area contributed by atoms with E-state index < -0.39 is 12.0 Å². The fourth-order valence-corrected chi connectivity index (χ4v) is 2.68. The number of ether oxygens (including phenoxy) is 1. The lowest BCUT2D eigenvalue weighted by Gasteiger charge is -2.15. The Balaban J connectivity index is 1.60. The number of benzene rings is 3. The van der Waals surface area contributed by atoms with Gasteiger partial charge in [0, 0.05) is 11.3 Å². The van der Waals surface area contributed by atoms with E-state index in [1.165, 1.54) is 0 Å². The topological polar surface area (TPSA) is 105 Å². The molecule has 0 aliphatic heterocycles. The standard InChI is InChI=1S/C23H19N3O3/c1-15(23(28)26-20-10-6-19(7-11-20)22(25)27)29-21-12-8-18(9-13-21)17-4-2-16(14-24)3-5-17/h2-13,15H,1H3,(H2,25,27)(H,26,28)/t15-/m0/s1.